The van der Waals surface area contributed by atoms with E-state index in [1.54, 1.807) is 25.7 Å². The minimum absolute atomic E-state index is 0.114. The van der Waals surface area contributed by atoms with Gasteiger partial charge >= 0.3 is 6.09 Å². The van der Waals surface area contributed by atoms with Crippen molar-refractivity contribution in [1.29, 1.82) is 0 Å². The number of aryl methyl sites for hydroxylation is 2. The Kier molecular flexibility index (Phi) is 11.7. The summed E-state index contributed by atoms with van der Waals surface area (Å²) >= 11 is 0. The standard InChI is InChI=1S/C31H51N3O4/c1-10-23(6)34(29(36)25(19-20(2)3)33-30(37)38-31(7,8)9)27(26-21(4)15-14-16-22(26)5)28(35)32-24-17-12-11-13-18-24/h14-16,20,23-25,27H,10-13,17-19H2,1-9H3,(H,32,35)(H,33,37). The largest absolute Gasteiger partial charge is 0.444 e. The van der Waals surface area contributed by atoms with Gasteiger partial charge in [-0.25, -0.2) is 4.79 Å². The van der Waals surface area contributed by atoms with E-state index in [1.807, 2.05) is 59.7 Å². The molecule has 0 spiro atoms. The molecule has 2 rings (SSSR count). The minimum atomic E-state index is -0.812. The number of carbonyl (C=O) groups is 3. The molecule has 0 heterocycles. The zero-order valence-corrected chi connectivity index (χ0v) is 25.1. The molecule has 38 heavy (non-hydrogen) atoms. The molecule has 7 nitrogen and oxygen atoms in total. The second-order valence-corrected chi connectivity index (χ2v) is 12.4. The Bertz CT molecular complexity index is 927. The lowest BCUT2D eigenvalue weighted by Gasteiger charge is -2.40. The molecular weight excluding hydrogens is 478 g/mol. The van der Waals surface area contributed by atoms with Gasteiger partial charge in [0.2, 0.25) is 11.8 Å². The van der Waals surface area contributed by atoms with E-state index in [0.717, 1.165) is 42.4 Å². The third-order valence-corrected chi connectivity index (χ3v) is 7.31. The normalized spacial score (nSPS) is 16.9. The predicted octanol–water partition coefficient (Wildman–Crippen LogP) is 6.36. The van der Waals surface area contributed by atoms with Crippen molar-refractivity contribution in [2.75, 3.05) is 0 Å². The Labute approximate surface area is 230 Å². The van der Waals surface area contributed by atoms with Crippen molar-refractivity contribution in [3.05, 3.63) is 34.9 Å². The van der Waals surface area contributed by atoms with E-state index in [-0.39, 0.29) is 29.8 Å². The highest BCUT2D eigenvalue weighted by atomic mass is 16.6. The van der Waals surface area contributed by atoms with Crippen LogP contribution in [-0.4, -0.2) is 46.5 Å². The Morgan fingerprint density at radius 3 is 2.11 bits per heavy atom. The zero-order valence-electron chi connectivity index (χ0n) is 25.1. The number of carbonyl (C=O) groups excluding carboxylic acids is 3. The van der Waals surface area contributed by atoms with Gasteiger partial charge in [0.25, 0.3) is 0 Å². The number of benzene rings is 1. The lowest BCUT2D eigenvalue weighted by atomic mass is 9.90. The highest BCUT2D eigenvalue weighted by molar-refractivity contribution is 5.93. The number of nitrogens with one attached hydrogen (secondary N) is 2. The van der Waals surface area contributed by atoms with Crippen LogP contribution in [0.25, 0.3) is 0 Å². The maximum absolute atomic E-state index is 14.4. The van der Waals surface area contributed by atoms with E-state index in [9.17, 15) is 14.4 Å². The molecule has 1 fully saturated rings. The Balaban J connectivity index is 2.56. The maximum Gasteiger partial charge on any atom is 0.408 e. The van der Waals surface area contributed by atoms with Crippen molar-refractivity contribution in [2.45, 2.75) is 137 Å². The van der Waals surface area contributed by atoms with Crippen LogP contribution in [0.15, 0.2) is 18.2 Å². The first-order valence-electron chi connectivity index (χ1n) is 14.4. The number of alkyl carbamates (subject to hydrolysis) is 1. The molecule has 3 unspecified atom stereocenters. The van der Waals surface area contributed by atoms with E-state index in [0.29, 0.717) is 12.8 Å². The molecule has 0 aliphatic heterocycles. The smallest absolute Gasteiger partial charge is 0.408 e. The number of hydrogen-bond acceptors (Lipinski definition) is 4. The maximum atomic E-state index is 14.4. The van der Waals surface area contributed by atoms with Crippen LogP contribution in [0, 0.1) is 19.8 Å². The average Bonchev–Trinajstić information content (AvgIpc) is 2.81. The first kappa shape index (κ1) is 31.6. The molecule has 0 radical (unpaired) electrons. The van der Waals surface area contributed by atoms with Crippen LogP contribution in [0.2, 0.25) is 0 Å². The molecule has 1 aliphatic rings. The molecule has 7 heteroatoms. The van der Waals surface area contributed by atoms with E-state index in [1.165, 1.54) is 6.42 Å². The van der Waals surface area contributed by atoms with Crippen LogP contribution < -0.4 is 10.6 Å². The Hall–Kier alpha value is -2.57. The molecule has 1 aromatic rings. The fourth-order valence-electron chi connectivity index (χ4n) is 5.30. The highest BCUT2D eigenvalue weighted by Crippen LogP contribution is 2.32. The molecular formula is C31H51N3O4. The molecule has 1 saturated carbocycles. The van der Waals surface area contributed by atoms with Crippen molar-refractivity contribution in [2.24, 2.45) is 5.92 Å². The SMILES string of the molecule is CCC(C)N(C(=O)C(CC(C)C)NC(=O)OC(C)(C)C)C(C(=O)NC1CCCCC1)c1c(C)cccc1C. The summed E-state index contributed by atoms with van der Waals surface area (Å²) < 4.78 is 5.50. The second-order valence-electron chi connectivity index (χ2n) is 12.4. The fourth-order valence-corrected chi connectivity index (χ4v) is 5.30. The monoisotopic (exact) mass is 529 g/mol. The van der Waals surface area contributed by atoms with E-state index >= 15 is 0 Å². The molecule has 0 aromatic heterocycles. The van der Waals surface area contributed by atoms with Crippen LogP contribution in [0.3, 0.4) is 0 Å². The average molecular weight is 530 g/mol. The van der Waals surface area contributed by atoms with Crippen molar-refractivity contribution >= 4 is 17.9 Å². The third-order valence-electron chi connectivity index (χ3n) is 7.31. The van der Waals surface area contributed by atoms with Gasteiger partial charge < -0.3 is 20.3 Å². The summed E-state index contributed by atoms with van der Waals surface area (Å²) in [4.78, 5) is 43.0. The van der Waals surface area contributed by atoms with Gasteiger partial charge in [0.1, 0.15) is 17.7 Å². The zero-order chi connectivity index (χ0) is 28.6. The van der Waals surface area contributed by atoms with Crippen molar-refractivity contribution in [3.63, 3.8) is 0 Å². The Morgan fingerprint density at radius 2 is 1.61 bits per heavy atom. The molecule has 3 amide bonds. The first-order chi connectivity index (χ1) is 17.7. The van der Waals surface area contributed by atoms with Gasteiger partial charge in [-0.15, -0.1) is 0 Å². The summed E-state index contributed by atoms with van der Waals surface area (Å²) in [5, 5.41) is 6.13. The van der Waals surface area contributed by atoms with Crippen LogP contribution >= 0.6 is 0 Å². The molecule has 1 aromatic carbocycles. The van der Waals surface area contributed by atoms with Gasteiger partial charge in [0.05, 0.1) is 0 Å². The summed E-state index contributed by atoms with van der Waals surface area (Å²) in [7, 11) is 0. The number of ether oxygens (including phenoxy) is 1. The van der Waals surface area contributed by atoms with Gasteiger partial charge in [0, 0.05) is 12.1 Å². The topological polar surface area (TPSA) is 87.7 Å². The minimum Gasteiger partial charge on any atom is -0.444 e. The van der Waals surface area contributed by atoms with Gasteiger partial charge in [-0.2, -0.15) is 0 Å². The molecule has 214 valence electrons. The summed E-state index contributed by atoms with van der Waals surface area (Å²) in [6.45, 7) is 17.4. The van der Waals surface area contributed by atoms with Crippen molar-refractivity contribution in [1.82, 2.24) is 15.5 Å². The number of amides is 3. The summed E-state index contributed by atoms with van der Waals surface area (Å²) in [5.41, 5.74) is 2.10. The van der Waals surface area contributed by atoms with Crippen LogP contribution in [-0.2, 0) is 14.3 Å². The summed E-state index contributed by atoms with van der Waals surface area (Å²) in [6, 6.07) is 4.25. The fraction of sp³-hybridized carbons (Fsp3) is 0.710. The van der Waals surface area contributed by atoms with Gasteiger partial charge in [0.15, 0.2) is 0 Å². The molecule has 2 N–H and O–H groups in total. The lowest BCUT2D eigenvalue weighted by Crippen LogP contribution is -2.56. The molecule has 3 atom stereocenters. The van der Waals surface area contributed by atoms with Crippen molar-refractivity contribution in [3.8, 4) is 0 Å². The predicted molar refractivity (Wildman–Crippen MR) is 153 cm³/mol. The van der Waals surface area contributed by atoms with Gasteiger partial charge in [-0.1, -0.05) is 58.2 Å². The van der Waals surface area contributed by atoms with E-state index < -0.39 is 23.8 Å². The van der Waals surface area contributed by atoms with Crippen LogP contribution in [0.4, 0.5) is 4.79 Å². The first-order valence-corrected chi connectivity index (χ1v) is 14.4. The summed E-state index contributed by atoms with van der Waals surface area (Å²) in [5.74, 6) is -0.263. The number of hydrogen-bond donors (Lipinski definition) is 2. The lowest BCUT2D eigenvalue weighted by molar-refractivity contribution is -0.145. The third kappa shape index (κ3) is 9.02. The van der Waals surface area contributed by atoms with Crippen LogP contribution in [0.1, 0.15) is 116 Å². The quantitative estimate of drug-likeness (QED) is 0.369. The highest BCUT2D eigenvalue weighted by Gasteiger charge is 2.40. The van der Waals surface area contributed by atoms with E-state index in [4.69, 9.17) is 4.74 Å². The van der Waals surface area contributed by atoms with Gasteiger partial charge in [-0.05, 0) is 89.8 Å². The second kappa shape index (κ2) is 14.0. The number of nitrogens with zero attached hydrogens (tertiary/aromatic N) is 1. The van der Waals surface area contributed by atoms with Gasteiger partial charge in [-0.3, -0.25) is 9.59 Å². The number of rotatable bonds is 10. The molecule has 0 bridgehead atoms. The summed E-state index contributed by atoms with van der Waals surface area (Å²) in [6.07, 6.45) is 5.79. The molecule has 1 aliphatic carbocycles. The Morgan fingerprint density at radius 1 is 1.03 bits per heavy atom. The molecule has 0 saturated heterocycles. The van der Waals surface area contributed by atoms with E-state index in [2.05, 4.69) is 10.6 Å². The van der Waals surface area contributed by atoms with Crippen LogP contribution in [0.5, 0.6) is 0 Å². The van der Waals surface area contributed by atoms with Crippen molar-refractivity contribution < 1.29 is 19.1 Å².